The molecule has 5 nitrogen and oxygen atoms in total. The van der Waals surface area contributed by atoms with Gasteiger partial charge in [-0.2, -0.15) is 5.10 Å². The Labute approximate surface area is 93.4 Å². The average Bonchev–Trinajstić information content (AvgIpc) is 2.66. The Hall–Kier alpha value is -1.43. The summed E-state index contributed by atoms with van der Waals surface area (Å²) in [5.74, 6) is -0.211. The Bertz CT molecular complexity index is 358. The fourth-order valence-electron chi connectivity index (χ4n) is 0.866. The highest BCUT2D eigenvalue weighted by atomic mass is 32.1. The molecule has 6 heteroatoms. The zero-order chi connectivity index (χ0) is 11.5. The summed E-state index contributed by atoms with van der Waals surface area (Å²) in [6.45, 7) is 4.16. The van der Waals surface area contributed by atoms with Gasteiger partial charge in [0.1, 0.15) is 5.69 Å². The van der Waals surface area contributed by atoms with Gasteiger partial charge in [0.2, 0.25) is 0 Å². The number of carbonyl (C=O) groups excluding carboxylic acids is 1. The van der Waals surface area contributed by atoms with Gasteiger partial charge in [-0.3, -0.25) is 9.89 Å². The van der Waals surface area contributed by atoms with Crippen molar-refractivity contribution in [2.45, 2.75) is 13.8 Å². The number of thiocarbonyl (C=S) groups is 1. The Morgan fingerprint density at radius 2 is 2.40 bits per heavy atom. The van der Waals surface area contributed by atoms with Crippen LogP contribution in [-0.4, -0.2) is 27.6 Å². The van der Waals surface area contributed by atoms with E-state index in [9.17, 15) is 4.79 Å². The van der Waals surface area contributed by atoms with Crippen molar-refractivity contribution >= 4 is 23.1 Å². The number of aromatic nitrogens is 2. The molecule has 0 aromatic carbocycles. The van der Waals surface area contributed by atoms with Gasteiger partial charge in [0, 0.05) is 18.2 Å². The summed E-state index contributed by atoms with van der Waals surface area (Å²) in [6, 6.07) is 1.60. The van der Waals surface area contributed by atoms with Crippen LogP contribution in [0.3, 0.4) is 0 Å². The second kappa shape index (κ2) is 4.39. The maximum atomic E-state index is 11.5. The summed E-state index contributed by atoms with van der Waals surface area (Å²) < 4.78 is 0. The minimum absolute atomic E-state index is 0.211. The van der Waals surface area contributed by atoms with E-state index in [0.29, 0.717) is 17.2 Å². The predicted molar refractivity (Wildman–Crippen MR) is 61.5 cm³/mol. The summed E-state index contributed by atoms with van der Waals surface area (Å²) in [5.41, 5.74) is 5.58. The van der Waals surface area contributed by atoms with Crippen molar-refractivity contribution in [2.75, 3.05) is 6.54 Å². The first kappa shape index (κ1) is 11.6. The van der Waals surface area contributed by atoms with Crippen molar-refractivity contribution < 1.29 is 4.79 Å². The van der Waals surface area contributed by atoms with Crippen LogP contribution in [0.2, 0.25) is 0 Å². The molecule has 1 heterocycles. The predicted octanol–water partition coefficient (Wildman–Crippen LogP) is 0.452. The summed E-state index contributed by atoms with van der Waals surface area (Å²) in [6.07, 6.45) is 1.52. The van der Waals surface area contributed by atoms with Crippen LogP contribution in [0, 0.1) is 5.41 Å². The minimum Gasteiger partial charge on any atom is -0.393 e. The van der Waals surface area contributed by atoms with Gasteiger partial charge in [0.15, 0.2) is 0 Å². The van der Waals surface area contributed by atoms with E-state index in [-0.39, 0.29) is 11.3 Å². The molecule has 0 spiro atoms. The number of aromatic amines is 1. The molecule has 0 bridgehead atoms. The second-order valence-corrected chi connectivity index (χ2v) is 4.34. The van der Waals surface area contributed by atoms with E-state index in [4.69, 9.17) is 18.0 Å². The zero-order valence-corrected chi connectivity index (χ0v) is 9.52. The molecular weight excluding hydrogens is 212 g/mol. The fourth-order valence-corrected chi connectivity index (χ4v) is 0.938. The smallest absolute Gasteiger partial charge is 0.269 e. The molecule has 0 aliphatic rings. The molecule has 1 rings (SSSR count). The third-order valence-electron chi connectivity index (χ3n) is 2.10. The lowest BCUT2D eigenvalue weighted by molar-refractivity contribution is 0.0940. The molecule has 0 saturated heterocycles. The largest absolute Gasteiger partial charge is 0.393 e. The van der Waals surface area contributed by atoms with E-state index in [1.54, 1.807) is 6.07 Å². The van der Waals surface area contributed by atoms with Gasteiger partial charge >= 0.3 is 0 Å². The minimum atomic E-state index is -0.384. The Morgan fingerprint density at radius 3 is 2.87 bits per heavy atom. The Balaban J connectivity index is 2.51. The van der Waals surface area contributed by atoms with E-state index >= 15 is 0 Å². The van der Waals surface area contributed by atoms with E-state index < -0.39 is 0 Å². The van der Waals surface area contributed by atoms with Crippen LogP contribution in [-0.2, 0) is 0 Å². The van der Waals surface area contributed by atoms with Crippen LogP contribution < -0.4 is 11.1 Å². The van der Waals surface area contributed by atoms with Crippen LogP contribution in [0.4, 0.5) is 0 Å². The van der Waals surface area contributed by atoms with Gasteiger partial charge in [-0.1, -0.05) is 26.1 Å². The number of nitrogens with one attached hydrogen (secondary N) is 2. The third-order valence-corrected chi connectivity index (χ3v) is 2.66. The Morgan fingerprint density at radius 1 is 1.73 bits per heavy atom. The number of nitrogens with zero attached hydrogens (tertiary/aromatic N) is 1. The number of nitrogens with two attached hydrogens (primary N) is 1. The van der Waals surface area contributed by atoms with Gasteiger partial charge in [0.25, 0.3) is 5.91 Å². The van der Waals surface area contributed by atoms with Crippen molar-refractivity contribution in [1.82, 2.24) is 15.5 Å². The highest BCUT2D eigenvalue weighted by Gasteiger charge is 2.22. The fraction of sp³-hybridized carbons (Fsp3) is 0.444. The monoisotopic (exact) mass is 226 g/mol. The molecule has 0 radical (unpaired) electrons. The molecule has 1 amide bonds. The van der Waals surface area contributed by atoms with Crippen LogP contribution in [0.25, 0.3) is 0 Å². The first-order chi connectivity index (χ1) is 6.93. The van der Waals surface area contributed by atoms with Gasteiger partial charge in [-0.05, 0) is 6.07 Å². The molecular formula is C9H14N4OS. The SMILES string of the molecule is CC(C)(CNC(=O)c1ccn[nH]1)C(N)=S. The van der Waals surface area contributed by atoms with Gasteiger partial charge in [-0.25, -0.2) is 0 Å². The molecule has 1 aromatic rings. The topological polar surface area (TPSA) is 83.8 Å². The number of carbonyl (C=O) groups is 1. The quantitative estimate of drug-likeness (QED) is 0.651. The van der Waals surface area contributed by atoms with Crippen molar-refractivity contribution in [3.05, 3.63) is 18.0 Å². The molecule has 0 atom stereocenters. The summed E-state index contributed by atoms with van der Waals surface area (Å²) in [4.78, 5) is 11.9. The first-order valence-corrected chi connectivity index (χ1v) is 4.92. The summed E-state index contributed by atoms with van der Waals surface area (Å²) >= 11 is 4.89. The van der Waals surface area contributed by atoms with E-state index in [2.05, 4.69) is 15.5 Å². The third kappa shape index (κ3) is 3.02. The van der Waals surface area contributed by atoms with Crippen LogP contribution in [0.1, 0.15) is 24.3 Å². The van der Waals surface area contributed by atoms with Crippen LogP contribution in [0.5, 0.6) is 0 Å². The van der Waals surface area contributed by atoms with Crippen molar-refractivity contribution in [3.63, 3.8) is 0 Å². The normalized spacial score (nSPS) is 11.1. The first-order valence-electron chi connectivity index (χ1n) is 4.51. The molecule has 0 aliphatic heterocycles. The molecule has 82 valence electrons. The molecule has 0 aliphatic carbocycles. The van der Waals surface area contributed by atoms with E-state index in [1.807, 2.05) is 13.8 Å². The lowest BCUT2D eigenvalue weighted by Gasteiger charge is -2.22. The van der Waals surface area contributed by atoms with E-state index in [1.165, 1.54) is 6.20 Å². The van der Waals surface area contributed by atoms with Crippen molar-refractivity contribution in [3.8, 4) is 0 Å². The maximum absolute atomic E-state index is 11.5. The lowest BCUT2D eigenvalue weighted by Crippen LogP contribution is -2.41. The number of hydrogen-bond donors (Lipinski definition) is 3. The van der Waals surface area contributed by atoms with Crippen molar-refractivity contribution in [1.29, 1.82) is 0 Å². The molecule has 0 fully saturated rings. The number of amides is 1. The molecule has 0 unspecified atom stereocenters. The standard InChI is InChI=1S/C9H14N4OS/c1-9(2,8(10)15)5-11-7(14)6-3-4-12-13-6/h3-4H,5H2,1-2H3,(H2,10,15)(H,11,14)(H,12,13). The van der Waals surface area contributed by atoms with Crippen LogP contribution >= 0.6 is 12.2 Å². The maximum Gasteiger partial charge on any atom is 0.269 e. The molecule has 4 N–H and O–H groups in total. The van der Waals surface area contributed by atoms with Crippen LogP contribution in [0.15, 0.2) is 12.3 Å². The molecule has 1 aromatic heterocycles. The number of H-pyrrole nitrogens is 1. The number of rotatable bonds is 4. The highest BCUT2D eigenvalue weighted by molar-refractivity contribution is 7.80. The second-order valence-electron chi connectivity index (χ2n) is 3.90. The Kier molecular flexibility index (Phi) is 3.41. The van der Waals surface area contributed by atoms with Gasteiger partial charge < -0.3 is 11.1 Å². The zero-order valence-electron chi connectivity index (χ0n) is 8.70. The lowest BCUT2D eigenvalue weighted by atomic mass is 9.93. The summed E-state index contributed by atoms with van der Waals surface area (Å²) in [7, 11) is 0. The summed E-state index contributed by atoms with van der Waals surface area (Å²) in [5, 5.41) is 8.99. The van der Waals surface area contributed by atoms with E-state index in [0.717, 1.165) is 0 Å². The van der Waals surface area contributed by atoms with Crippen molar-refractivity contribution in [2.24, 2.45) is 11.1 Å². The average molecular weight is 226 g/mol. The van der Waals surface area contributed by atoms with Gasteiger partial charge in [-0.15, -0.1) is 0 Å². The highest BCUT2D eigenvalue weighted by Crippen LogP contribution is 2.13. The van der Waals surface area contributed by atoms with Gasteiger partial charge in [0.05, 0.1) is 4.99 Å². The number of hydrogen-bond acceptors (Lipinski definition) is 3. The molecule has 15 heavy (non-hydrogen) atoms. The molecule has 0 saturated carbocycles.